The van der Waals surface area contributed by atoms with Crippen molar-refractivity contribution < 1.29 is 0 Å². The maximum atomic E-state index is 6.09. The molecule has 0 unspecified atom stereocenters. The Morgan fingerprint density at radius 3 is 2.65 bits per heavy atom. The fourth-order valence-electron chi connectivity index (χ4n) is 2.07. The lowest BCUT2D eigenvalue weighted by molar-refractivity contribution is 0.779. The molecule has 0 aliphatic carbocycles. The Morgan fingerprint density at radius 2 is 2.00 bits per heavy atom. The van der Waals surface area contributed by atoms with Crippen molar-refractivity contribution in [1.29, 1.82) is 0 Å². The molecular weight excluding hydrogens is 270 g/mol. The zero-order valence-corrected chi connectivity index (χ0v) is 12.5. The fourth-order valence-corrected chi connectivity index (χ4v) is 2.25. The molecule has 0 radical (unpaired) electrons. The van der Waals surface area contributed by atoms with Gasteiger partial charge in [0.05, 0.1) is 5.02 Å². The Labute approximate surface area is 125 Å². The summed E-state index contributed by atoms with van der Waals surface area (Å²) in [5.41, 5.74) is 7.79. The van der Waals surface area contributed by atoms with Gasteiger partial charge < -0.3 is 10.6 Å². The average molecular weight is 290 g/mol. The topological polar surface area (TPSA) is 42.1 Å². The Kier molecular flexibility index (Phi) is 5.39. The maximum Gasteiger partial charge on any atom is 0.133 e. The summed E-state index contributed by atoms with van der Waals surface area (Å²) in [6, 6.07) is 12.2. The highest BCUT2D eigenvalue weighted by Gasteiger charge is 2.11. The summed E-state index contributed by atoms with van der Waals surface area (Å²) < 4.78 is 0. The SMILES string of the molecule is CCCCN(c1ccccc1)c1cc(CN)c(Cl)cn1. The van der Waals surface area contributed by atoms with Crippen LogP contribution >= 0.6 is 11.6 Å². The number of anilines is 2. The molecule has 4 heteroatoms. The second kappa shape index (κ2) is 7.27. The van der Waals surface area contributed by atoms with Crippen LogP contribution in [0.25, 0.3) is 0 Å². The van der Waals surface area contributed by atoms with E-state index in [9.17, 15) is 0 Å². The number of pyridine rings is 1. The normalized spacial score (nSPS) is 10.6. The first-order chi connectivity index (χ1) is 9.76. The quantitative estimate of drug-likeness (QED) is 0.869. The Morgan fingerprint density at radius 1 is 1.25 bits per heavy atom. The summed E-state index contributed by atoms with van der Waals surface area (Å²) in [5.74, 6) is 0.898. The molecule has 0 atom stereocenters. The molecule has 2 aromatic rings. The van der Waals surface area contributed by atoms with E-state index in [0.717, 1.165) is 36.5 Å². The number of para-hydroxylation sites is 1. The van der Waals surface area contributed by atoms with Crippen LogP contribution in [0.4, 0.5) is 11.5 Å². The minimum atomic E-state index is 0.421. The van der Waals surface area contributed by atoms with Gasteiger partial charge in [0.25, 0.3) is 0 Å². The predicted molar refractivity (Wildman–Crippen MR) is 85.5 cm³/mol. The molecule has 2 rings (SSSR count). The molecule has 3 nitrogen and oxygen atoms in total. The highest BCUT2D eigenvalue weighted by Crippen LogP contribution is 2.26. The molecule has 20 heavy (non-hydrogen) atoms. The van der Waals surface area contributed by atoms with E-state index in [1.165, 1.54) is 0 Å². The minimum Gasteiger partial charge on any atom is -0.326 e. The third-order valence-electron chi connectivity index (χ3n) is 3.22. The molecule has 1 aromatic heterocycles. The van der Waals surface area contributed by atoms with E-state index in [0.29, 0.717) is 11.6 Å². The molecule has 0 fully saturated rings. The van der Waals surface area contributed by atoms with Crippen LogP contribution in [-0.4, -0.2) is 11.5 Å². The van der Waals surface area contributed by atoms with Crippen LogP contribution in [0.2, 0.25) is 5.02 Å². The van der Waals surface area contributed by atoms with Crippen molar-refractivity contribution in [3.8, 4) is 0 Å². The predicted octanol–water partition coefficient (Wildman–Crippen LogP) is 4.13. The molecule has 0 amide bonds. The molecule has 0 bridgehead atoms. The molecule has 0 saturated carbocycles. The highest BCUT2D eigenvalue weighted by molar-refractivity contribution is 6.31. The zero-order valence-electron chi connectivity index (χ0n) is 11.7. The van der Waals surface area contributed by atoms with E-state index in [1.54, 1.807) is 6.20 Å². The van der Waals surface area contributed by atoms with Crippen LogP contribution in [0, 0.1) is 0 Å². The van der Waals surface area contributed by atoms with Gasteiger partial charge in [-0.1, -0.05) is 43.1 Å². The van der Waals surface area contributed by atoms with Crippen molar-refractivity contribution in [2.24, 2.45) is 5.73 Å². The van der Waals surface area contributed by atoms with Crippen LogP contribution < -0.4 is 10.6 Å². The average Bonchev–Trinajstić information content (AvgIpc) is 2.50. The van der Waals surface area contributed by atoms with E-state index >= 15 is 0 Å². The number of benzene rings is 1. The molecule has 0 aliphatic heterocycles. The van der Waals surface area contributed by atoms with Crippen LogP contribution in [0.1, 0.15) is 25.3 Å². The van der Waals surface area contributed by atoms with Crippen molar-refractivity contribution in [3.63, 3.8) is 0 Å². The van der Waals surface area contributed by atoms with Crippen molar-refractivity contribution >= 4 is 23.1 Å². The lowest BCUT2D eigenvalue weighted by atomic mass is 10.2. The first kappa shape index (κ1) is 14.8. The van der Waals surface area contributed by atoms with E-state index in [1.807, 2.05) is 24.3 Å². The van der Waals surface area contributed by atoms with Gasteiger partial charge in [-0.05, 0) is 30.2 Å². The number of halogens is 1. The van der Waals surface area contributed by atoms with E-state index in [-0.39, 0.29) is 0 Å². The standard InChI is InChI=1S/C16H20ClN3/c1-2-3-9-20(14-7-5-4-6-8-14)16-10-13(11-18)15(17)12-19-16/h4-8,10,12H,2-3,9,11,18H2,1H3. The largest absolute Gasteiger partial charge is 0.326 e. The molecule has 2 N–H and O–H groups in total. The van der Waals surface area contributed by atoms with Crippen LogP contribution in [0.3, 0.4) is 0 Å². The lowest BCUT2D eigenvalue weighted by Crippen LogP contribution is -2.20. The van der Waals surface area contributed by atoms with Gasteiger partial charge in [0.2, 0.25) is 0 Å². The fraction of sp³-hybridized carbons (Fsp3) is 0.312. The molecule has 1 heterocycles. The zero-order chi connectivity index (χ0) is 14.4. The first-order valence-electron chi connectivity index (χ1n) is 6.93. The molecule has 0 spiro atoms. The summed E-state index contributed by atoms with van der Waals surface area (Å²) in [5, 5.41) is 0.625. The second-order valence-electron chi connectivity index (χ2n) is 4.68. The number of rotatable bonds is 6. The molecule has 106 valence electrons. The second-order valence-corrected chi connectivity index (χ2v) is 5.09. The number of hydrogen-bond donors (Lipinski definition) is 1. The van der Waals surface area contributed by atoms with Gasteiger partial charge in [0.15, 0.2) is 0 Å². The summed E-state index contributed by atoms with van der Waals surface area (Å²) >= 11 is 6.09. The number of hydrogen-bond acceptors (Lipinski definition) is 3. The van der Waals surface area contributed by atoms with Crippen molar-refractivity contribution in [1.82, 2.24) is 4.98 Å². The maximum absolute atomic E-state index is 6.09. The molecular formula is C16H20ClN3. The first-order valence-corrected chi connectivity index (χ1v) is 7.31. The van der Waals surface area contributed by atoms with Crippen LogP contribution in [-0.2, 0) is 6.54 Å². The minimum absolute atomic E-state index is 0.421. The van der Waals surface area contributed by atoms with E-state index in [4.69, 9.17) is 17.3 Å². The summed E-state index contributed by atoms with van der Waals surface area (Å²) in [6.45, 7) is 3.54. The number of aromatic nitrogens is 1. The highest BCUT2D eigenvalue weighted by atomic mass is 35.5. The number of unbranched alkanes of at least 4 members (excludes halogenated alkanes) is 1. The Bertz CT molecular complexity index is 543. The van der Waals surface area contributed by atoms with Gasteiger partial charge in [-0.3, -0.25) is 0 Å². The van der Waals surface area contributed by atoms with Gasteiger partial charge in [0, 0.05) is 25.0 Å². The number of nitrogens with two attached hydrogens (primary N) is 1. The van der Waals surface area contributed by atoms with Gasteiger partial charge in [-0.15, -0.1) is 0 Å². The van der Waals surface area contributed by atoms with Gasteiger partial charge >= 0.3 is 0 Å². The lowest BCUT2D eigenvalue weighted by Gasteiger charge is -2.24. The van der Waals surface area contributed by atoms with E-state index in [2.05, 4.69) is 28.9 Å². The van der Waals surface area contributed by atoms with Crippen molar-refractivity contribution in [2.45, 2.75) is 26.3 Å². The van der Waals surface area contributed by atoms with Gasteiger partial charge in [0.1, 0.15) is 5.82 Å². The molecule has 1 aromatic carbocycles. The summed E-state index contributed by atoms with van der Waals surface area (Å²) in [6.07, 6.45) is 3.93. The third-order valence-corrected chi connectivity index (χ3v) is 3.56. The molecule has 0 saturated heterocycles. The Balaban J connectivity index is 2.36. The monoisotopic (exact) mass is 289 g/mol. The van der Waals surface area contributed by atoms with Crippen molar-refractivity contribution in [3.05, 3.63) is 53.2 Å². The van der Waals surface area contributed by atoms with Crippen molar-refractivity contribution in [2.75, 3.05) is 11.4 Å². The van der Waals surface area contributed by atoms with Gasteiger partial charge in [-0.2, -0.15) is 0 Å². The van der Waals surface area contributed by atoms with Crippen LogP contribution in [0.5, 0.6) is 0 Å². The third kappa shape index (κ3) is 3.50. The Hall–Kier alpha value is -1.58. The molecule has 0 aliphatic rings. The summed E-state index contributed by atoms with van der Waals surface area (Å²) in [7, 11) is 0. The smallest absolute Gasteiger partial charge is 0.133 e. The number of nitrogens with zero attached hydrogens (tertiary/aromatic N) is 2. The summed E-state index contributed by atoms with van der Waals surface area (Å²) in [4.78, 5) is 6.66. The van der Waals surface area contributed by atoms with Crippen LogP contribution in [0.15, 0.2) is 42.6 Å². The van der Waals surface area contributed by atoms with Gasteiger partial charge in [-0.25, -0.2) is 4.98 Å². The van der Waals surface area contributed by atoms with E-state index < -0.39 is 0 Å².